The zero-order valence-electron chi connectivity index (χ0n) is 14.1. The van der Waals surface area contributed by atoms with Crippen molar-refractivity contribution in [3.8, 4) is 0 Å². The van der Waals surface area contributed by atoms with Crippen LogP contribution in [0, 0.1) is 5.92 Å². The second-order valence-electron chi connectivity index (χ2n) is 6.70. The van der Waals surface area contributed by atoms with Crippen molar-refractivity contribution in [2.24, 2.45) is 5.92 Å². The summed E-state index contributed by atoms with van der Waals surface area (Å²) in [6.45, 7) is 6.16. The highest BCUT2D eigenvalue weighted by Crippen LogP contribution is 2.28. The molecule has 4 heteroatoms. The van der Waals surface area contributed by atoms with Gasteiger partial charge < -0.3 is 9.80 Å². The number of fused-ring (bicyclic) bond motifs is 1. The van der Waals surface area contributed by atoms with Crippen LogP contribution in [-0.2, 0) is 22.4 Å². The van der Waals surface area contributed by atoms with Crippen molar-refractivity contribution in [2.75, 3.05) is 19.6 Å². The maximum atomic E-state index is 13.0. The smallest absolute Gasteiger partial charge is 0.228 e. The maximum absolute atomic E-state index is 13.0. The summed E-state index contributed by atoms with van der Waals surface area (Å²) in [5, 5.41) is 0. The molecular weight excluding hydrogens is 288 g/mol. The molecule has 0 aromatic heterocycles. The normalized spacial score (nSPS) is 20.9. The highest BCUT2D eigenvalue weighted by molar-refractivity contribution is 5.89. The molecule has 0 saturated carbocycles. The van der Waals surface area contributed by atoms with Crippen LogP contribution in [-0.4, -0.2) is 47.3 Å². The summed E-state index contributed by atoms with van der Waals surface area (Å²) < 4.78 is 0. The molecule has 2 amide bonds. The van der Waals surface area contributed by atoms with Crippen LogP contribution in [0.2, 0.25) is 0 Å². The Hall–Kier alpha value is -1.84. The van der Waals surface area contributed by atoms with E-state index in [0.717, 1.165) is 25.8 Å². The molecule has 4 nitrogen and oxygen atoms in total. The Morgan fingerprint density at radius 3 is 2.35 bits per heavy atom. The number of benzene rings is 1. The number of carbonyl (C=O) groups is 2. The van der Waals surface area contributed by atoms with E-state index in [1.165, 1.54) is 11.1 Å². The van der Waals surface area contributed by atoms with Crippen LogP contribution in [0.4, 0.5) is 0 Å². The molecule has 1 aromatic carbocycles. The molecular formula is C19H26N2O2. The Bertz CT molecular complexity index is 574. The van der Waals surface area contributed by atoms with Gasteiger partial charge in [0.2, 0.25) is 11.8 Å². The lowest BCUT2D eigenvalue weighted by Gasteiger charge is -2.31. The first kappa shape index (κ1) is 16.0. The molecule has 1 fully saturated rings. The van der Waals surface area contributed by atoms with E-state index in [9.17, 15) is 9.59 Å². The molecule has 2 aliphatic rings. The van der Waals surface area contributed by atoms with Crippen molar-refractivity contribution in [3.05, 3.63) is 35.4 Å². The highest BCUT2D eigenvalue weighted by atomic mass is 16.2. The van der Waals surface area contributed by atoms with Crippen LogP contribution in [0.15, 0.2) is 24.3 Å². The predicted octanol–water partition coefficient (Wildman–Crippen LogP) is 2.26. The van der Waals surface area contributed by atoms with Gasteiger partial charge in [-0.3, -0.25) is 9.59 Å². The van der Waals surface area contributed by atoms with Crippen molar-refractivity contribution in [2.45, 2.75) is 45.6 Å². The van der Waals surface area contributed by atoms with Crippen LogP contribution < -0.4 is 0 Å². The van der Waals surface area contributed by atoms with E-state index in [1.54, 1.807) is 4.90 Å². The van der Waals surface area contributed by atoms with Crippen molar-refractivity contribution in [1.82, 2.24) is 9.80 Å². The minimum absolute atomic E-state index is 0.122. The molecule has 0 spiro atoms. The van der Waals surface area contributed by atoms with E-state index in [1.807, 2.05) is 6.92 Å². The lowest BCUT2D eigenvalue weighted by molar-refractivity contribution is -0.138. The number of hydrogen-bond donors (Lipinski definition) is 0. The van der Waals surface area contributed by atoms with E-state index in [2.05, 4.69) is 36.1 Å². The molecule has 1 aliphatic heterocycles. The predicted molar refractivity (Wildman–Crippen MR) is 90.0 cm³/mol. The molecule has 0 N–H and O–H groups in total. The summed E-state index contributed by atoms with van der Waals surface area (Å²) in [6, 6.07) is 8.73. The molecule has 1 atom stereocenters. The third kappa shape index (κ3) is 3.12. The molecule has 124 valence electrons. The van der Waals surface area contributed by atoms with Gasteiger partial charge >= 0.3 is 0 Å². The average molecular weight is 314 g/mol. The fraction of sp³-hybridized carbons (Fsp3) is 0.579. The van der Waals surface area contributed by atoms with E-state index in [0.29, 0.717) is 19.5 Å². The summed E-state index contributed by atoms with van der Waals surface area (Å²) in [4.78, 5) is 28.8. The van der Waals surface area contributed by atoms with Gasteiger partial charge in [0.25, 0.3) is 0 Å². The summed E-state index contributed by atoms with van der Waals surface area (Å²) in [5.74, 6) is 0.142. The van der Waals surface area contributed by atoms with Crippen LogP contribution in [0.3, 0.4) is 0 Å². The van der Waals surface area contributed by atoms with Gasteiger partial charge in [-0.25, -0.2) is 0 Å². The summed E-state index contributed by atoms with van der Waals surface area (Å²) >= 11 is 0. The fourth-order valence-electron chi connectivity index (χ4n) is 3.95. The van der Waals surface area contributed by atoms with E-state index in [-0.39, 0.29) is 23.8 Å². The standard InChI is InChI=1S/C19H26N2O2/c1-3-9-21(17-10-14-7-5-6-8-15(14)11-17)19(23)16-12-18(22)20(4-2)13-16/h5-8,16-17H,3-4,9-13H2,1-2H3/t16-/m1/s1. The van der Waals surface area contributed by atoms with Gasteiger partial charge in [0, 0.05) is 32.1 Å². The molecule has 0 unspecified atom stereocenters. The second kappa shape index (κ2) is 6.73. The molecule has 1 aliphatic carbocycles. The van der Waals surface area contributed by atoms with E-state index in [4.69, 9.17) is 0 Å². The summed E-state index contributed by atoms with van der Waals surface area (Å²) in [7, 11) is 0. The fourth-order valence-corrected chi connectivity index (χ4v) is 3.95. The van der Waals surface area contributed by atoms with Gasteiger partial charge in [0.1, 0.15) is 0 Å². The Balaban J connectivity index is 1.73. The first-order valence-corrected chi connectivity index (χ1v) is 8.79. The maximum Gasteiger partial charge on any atom is 0.228 e. The monoisotopic (exact) mass is 314 g/mol. The molecule has 1 saturated heterocycles. The minimum atomic E-state index is -0.155. The molecule has 3 rings (SSSR count). The quantitative estimate of drug-likeness (QED) is 0.836. The van der Waals surface area contributed by atoms with Crippen molar-refractivity contribution in [3.63, 3.8) is 0 Å². The number of hydrogen-bond acceptors (Lipinski definition) is 2. The largest absolute Gasteiger partial charge is 0.342 e. The lowest BCUT2D eigenvalue weighted by atomic mass is 10.0. The molecule has 0 bridgehead atoms. The number of amides is 2. The third-order valence-corrected chi connectivity index (χ3v) is 5.16. The molecule has 1 aromatic rings. The zero-order valence-corrected chi connectivity index (χ0v) is 14.1. The average Bonchev–Trinajstić information content (AvgIpc) is 3.14. The van der Waals surface area contributed by atoms with Crippen molar-refractivity contribution in [1.29, 1.82) is 0 Å². The zero-order chi connectivity index (χ0) is 16.4. The Kier molecular flexibility index (Phi) is 4.69. The Morgan fingerprint density at radius 2 is 1.83 bits per heavy atom. The van der Waals surface area contributed by atoms with Crippen molar-refractivity contribution >= 4 is 11.8 Å². The topological polar surface area (TPSA) is 40.6 Å². The van der Waals surface area contributed by atoms with Gasteiger partial charge in [0.15, 0.2) is 0 Å². The molecule has 1 heterocycles. The van der Waals surface area contributed by atoms with E-state index >= 15 is 0 Å². The number of carbonyl (C=O) groups excluding carboxylic acids is 2. The summed E-state index contributed by atoms with van der Waals surface area (Å²) in [5.41, 5.74) is 2.73. The van der Waals surface area contributed by atoms with Crippen LogP contribution in [0.1, 0.15) is 37.8 Å². The first-order valence-electron chi connectivity index (χ1n) is 8.79. The van der Waals surface area contributed by atoms with E-state index < -0.39 is 0 Å². The highest BCUT2D eigenvalue weighted by Gasteiger charge is 2.38. The Labute approximate surface area is 138 Å². The van der Waals surface area contributed by atoms with Crippen LogP contribution >= 0.6 is 0 Å². The van der Waals surface area contributed by atoms with Gasteiger partial charge in [-0.2, -0.15) is 0 Å². The van der Waals surface area contributed by atoms with Crippen molar-refractivity contribution < 1.29 is 9.59 Å². The number of rotatable bonds is 5. The first-order chi connectivity index (χ1) is 11.1. The Morgan fingerprint density at radius 1 is 1.17 bits per heavy atom. The molecule has 23 heavy (non-hydrogen) atoms. The summed E-state index contributed by atoms with van der Waals surface area (Å²) in [6.07, 6.45) is 3.23. The lowest BCUT2D eigenvalue weighted by Crippen LogP contribution is -2.45. The number of likely N-dealkylation sites (tertiary alicyclic amines) is 1. The van der Waals surface area contributed by atoms with Gasteiger partial charge in [-0.1, -0.05) is 31.2 Å². The second-order valence-corrected chi connectivity index (χ2v) is 6.70. The van der Waals surface area contributed by atoms with Crippen LogP contribution in [0.25, 0.3) is 0 Å². The van der Waals surface area contributed by atoms with Crippen LogP contribution in [0.5, 0.6) is 0 Å². The van der Waals surface area contributed by atoms with Gasteiger partial charge in [0.05, 0.1) is 5.92 Å². The van der Waals surface area contributed by atoms with Gasteiger partial charge in [-0.15, -0.1) is 0 Å². The number of nitrogens with zero attached hydrogens (tertiary/aromatic N) is 2. The third-order valence-electron chi connectivity index (χ3n) is 5.16. The van der Waals surface area contributed by atoms with Gasteiger partial charge in [-0.05, 0) is 37.3 Å². The minimum Gasteiger partial charge on any atom is -0.342 e. The molecule has 0 radical (unpaired) electrons. The SMILES string of the molecule is CCCN(C(=O)[C@@H]1CC(=O)N(CC)C1)C1Cc2ccccc2C1.